The van der Waals surface area contributed by atoms with Crippen molar-refractivity contribution in [3.63, 3.8) is 0 Å². The third-order valence-electron chi connectivity index (χ3n) is 11.9. The molecule has 4 nitrogen and oxygen atoms in total. The number of pyridine rings is 4. The van der Waals surface area contributed by atoms with Gasteiger partial charge in [-0.25, -0.2) is 14.1 Å². The molecule has 0 spiro atoms. The van der Waals surface area contributed by atoms with Crippen LogP contribution < -0.4 is 23.5 Å². The van der Waals surface area contributed by atoms with Crippen molar-refractivity contribution in [2.45, 2.75) is 175 Å². The minimum atomic E-state index is -3.67. The molecule has 0 bridgehead atoms. The van der Waals surface area contributed by atoms with E-state index < -0.39 is 15.1 Å². The Labute approximate surface area is 408 Å². The molecule has 1 N–H and O–H groups in total. The van der Waals surface area contributed by atoms with Gasteiger partial charge in [0.2, 0.25) is 0 Å². The van der Waals surface area contributed by atoms with E-state index in [9.17, 15) is 25.9 Å². The minimum Gasteiger partial charge on any atom is -1.00 e. The predicted molar refractivity (Wildman–Crippen MR) is 241 cm³/mol. The van der Waals surface area contributed by atoms with Crippen molar-refractivity contribution in [2.24, 2.45) is 11.8 Å². The molecule has 368 valence electrons. The quantitative estimate of drug-likeness (QED) is 0.0608. The summed E-state index contributed by atoms with van der Waals surface area (Å²) in [5, 5.41) is 0. The molecule has 4 fully saturated rings. The summed E-state index contributed by atoms with van der Waals surface area (Å²) in [6, 6.07) is 17.2. The first-order valence-electron chi connectivity index (χ1n) is 23.0. The van der Waals surface area contributed by atoms with Crippen molar-refractivity contribution >= 4 is 15.1 Å². The number of nitrogens with zero attached hydrogens (tertiary/aromatic N) is 3. The second-order valence-corrected chi connectivity index (χ2v) is 16.5. The summed E-state index contributed by atoms with van der Waals surface area (Å²) in [5.74, 6) is 2.07. The topological polar surface area (TPSA) is 34.8 Å². The molecule has 4 aromatic rings. The van der Waals surface area contributed by atoms with Crippen LogP contribution in [-0.2, 0) is 47.2 Å². The number of rotatable bonds is 12. The monoisotopic (exact) mass is 1010 g/mol. The van der Waals surface area contributed by atoms with Gasteiger partial charge in [0.25, 0.3) is 0 Å². The first-order chi connectivity index (χ1) is 29.3. The number of aromatic amines is 1. The van der Waals surface area contributed by atoms with Crippen LogP contribution in [0.25, 0.3) is 22.3 Å². The maximum Gasteiger partial charge on any atom is 0.762 e. The number of H-pyrrole nitrogens is 1. The van der Waals surface area contributed by atoms with E-state index in [0.717, 1.165) is 24.9 Å². The fourth-order valence-electron chi connectivity index (χ4n) is 8.54. The first kappa shape index (κ1) is 66.5. The average Bonchev–Trinajstić information content (AvgIpc) is 4.13. The predicted octanol–water partition coefficient (Wildman–Crippen LogP) is 8.51. The Morgan fingerprint density at radius 3 is 1.03 bits per heavy atom. The molecule has 0 unspecified atom stereocenters. The summed E-state index contributed by atoms with van der Waals surface area (Å²) in [5.41, 5.74) is 5.05. The second-order valence-electron chi connectivity index (χ2n) is 16.5. The fraction of sp³-hybridized carbons (Fsp3) is 0.592. The Morgan fingerprint density at radius 1 is 0.446 bits per heavy atom. The molecule has 65 heavy (non-hydrogen) atoms. The van der Waals surface area contributed by atoms with Crippen molar-refractivity contribution < 1.29 is 83.6 Å². The summed E-state index contributed by atoms with van der Waals surface area (Å²) in [6.07, 6.45) is 51.5. The number of hydrogen-bond donors (Lipinski definition) is 0. The largest absolute Gasteiger partial charge is 1.00 e. The van der Waals surface area contributed by atoms with Crippen LogP contribution in [0.5, 0.6) is 0 Å². The van der Waals surface area contributed by atoms with Gasteiger partial charge in [-0.15, -0.1) is 0 Å². The van der Waals surface area contributed by atoms with Gasteiger partial charge >= 0.3 is 15.1 Å². The molecular weight excluding hydrogens is 930 g/mol. The van der Waals surface area contributed by atoms with Crippen molar-refractivity contribution in [1.29, 1.82) is 0 Å². The van der Waals surface area contributed by atoms with Crippen LogP contribution in [0.2, 0.25) is 0 Å². The smallest absolute Gasteiger partial charge is 0.762 e. The van der Waals surface area contributed by atoms with Gasteiger partial charge in [0, 0.05) is 95.8 Å². The summed E-state index contributed by atoms with van der Waals surface area (Å²) in [6.45, 7) is 2.29. The molecule has 4 saturated carbocycles. The number of hydrogen-bond acceptors (Lipinski definition) is 1. The van der Waals surface area contributed by atoms with Gasteiger partial charge in [0.1, 0.15) is 13.1 Å². The average molecular weight is 1010 g/mol. The van der Waals surface area contributed by atoms with Crippen molar-refractivity contribution in [1.82, 2.24) is 4.98 Å². The molecule has 16 heteroatoms. The third kappa shape index (κ3) is 34.2. The SMILES string of the molecule is C.C1CCCC1.C1CCCC1.FB(F)F.FB(F)F.[F-].[F-].[Fe].[Fe].c1cc(-c2cc[n+](CCCCC3CCCC3)cc2)cc[nH+]1.c1cc(-c2cc[n+](CCCCC3CCCC3)cc2)ccn1. The summed E-state index contributed by atoms with van der Waals surface area (Å²) in [7, 11) is -7.33. The van der Waals surface area contributed by atoms with Crippen LogP contribution in [0, 0.1) is 11.8 Å². The number of nitrogens with one attached hydrogen (secondary N) is 1. The number of aryl methyl sites for hydroxylation is 2. The van der Waals surface area contributed by atoms with Crippen molar-refractivity contribution in [3.8, 4) is 22.3 Å². The van der Waals surface area contributed by atoms with Gasteiger partial charge in [0.05, 0.1) is 0 Å². The van der Waals surface area contributed by atoms with Crippen LogP contribution in [-0.4, -0.2) is 20.1 Å². The van der Waals surface area contributed by atoms with Gasteiger partial charge in [-0.3, -0.25) is 30.9 Å². The molecule has 0 atom stereocenters. The zero-order chi connectivity index (χ0) is 42.9. The van der Waals surface area contributed by atoms with Crippen LogP contribution in [0.3, 0.4) is 0 Å². The van der Waals surface area contributed by atoms with E-state index in [1.807, 2.05) is 24.8 Å². The normalized spacial score (nSPS) is 14.5. The van der Waals surface area contributed by atoms with E-state index >= 15 is 0 Å². The summed E-state index contributed by atoms with van der Waals surface area (Å²) >= 11 is 0. The fourth-order valence-corrected chi connectivity index (χ4v) is 8.54. The Bertz CT molecular complexity index is 1430. The van der Waals surface area contributed by atoms with Crippen LogP contribution in [0.4, 0.5) is 25.9 Å². The van der Waals surface area contributed by atoms with Crippen molar-refractivity contribution in [3.05, 3.63) is 98.1 Å². The maximum atomic E-state index is 9.67. The minimum absolute atomic E-state index is 0. The Morgan fingerprint density at radius 2 is 0.723 bits per heavy atom. The second kappa shape index (κ2) is 43.8. The van der Waals surface area contributed by atoms with E-state index in [0.29, 0.717) is 0 Å². The van der Waals surface area contributed by atoms with Crippen molar-refractivity contribution in [2.75, 3.05) is 0 Å². The van der Waals surface area contributed by atoms with Gasteiger partial charge in [0.15, 0.2) is 37.2 Å². The van der Waals surface area contributed by atoms with E-state index in [2.05, 4.69) is 92.4 Å². The molecular formula is C49H75B2F8Fe2N4+. The molecule has 4 aromatic heterocycles. The van der Waals surface area contributed by atoms with Gasteiger partial charge in [-0.05, 0) is 59.1 Å². The molecule has 4 heterocycles. The van der Waals surface area contributed by atoms with Gasteiger partial charge in [-0.2, -0.15) is 0 Å². The Balaban J connectivity index is -0.000000812. The number of halogens is 8. The number of unbranched alkanes of at least 4 members (excludes halogenated alkanes) is 2. The molecule has 8 rings (SSSR count). The zero-order valence-electron chi connectivity index (χ0n) is 37.5. The standard InChI is InChI=1S/2C19H25N2.2C5H10.CH4.2BF3.2FH.2Fe/c2*1-2-6-17(5-1)7-3-4-14-21-15-10-19(11-16-21)18-8-12-20-13-9-18;2*1-2-4-5-3-1;;2*2-1(3)4;;;;/h2*8-13,15-17H,1-7,14H2;2*1-5H2;1H4;;;2*1H;;/q2*+1;;;;;;;;;/p-1. The van der Waals surface area contributed by atoms with E-state index in [-0.39, 0.29) is 51.0 Å². The van der Waals surface area contributed by atoms with Crippen LogP contribution in [0.15, 0.2) is 98.1 Å². The van der Waals surface area contributed by atoms with E-state index in [1.165, 1.54) is 176 Å². The third-order valence-corrected chi connectivity index (χ3v) is 11.9. The molecule has 0 saturated heterocycles. The maximum absolute atomic E-state index is 9.67. The molecule has 0 radical (unpaired) electrons. The molecule has 4 aliphatic rings. The molecule has 0 amide bonds. The zero-order valence-corrected chi connectivity index (χ0v) is 39.7. The number of aromatic nitrogens is 4. The summed E-state index contributed by atoms with van der Waals surface area (Å²) in [4.78, 5) is 7.13. The van der Waals surface area contributed by atoms with E-state index in [1.54, 1.807) is 0 Å². The molecule has 0 aromatic carbocycles. The van der Waals surface area contributed by atoms with Crippen LogP contribution >= 0.6 is 0 Å². The Hall–Kier alpha value is -2.79. The molecule has 0 aliphatic heterocycles. The Kier molecular flexibility index (Phi) is 44.8. The van der Waals surface area contributed by atoms with Gasteiger partial charge < -0.3 is 9.41 Å². The van der Waals surface area contributed by atoms with Gasteiger partial charge in [-0.1, -0.05) is 136 Å². The first-order valence-corrected chi connectivity index (χ1v) is 23.0. The van der Waals surface area contributed by atoms with E-state index in [4.69, 9.17) is 0 Å². The van der Waals surface area contributed by atoms with Crippen LogP contribution in [0.1, 0.15) is 162 Å². The summed E-state index contributed by atoms with van der Waals surface area (Å²) < 4.78 is 62.6. The molecule has 4 aliphatic carbocycles.